The monoisotopic (exact) mass is 269 g/mol. The fourth-order valence-electron chi connectivity index (χ4n) is 2.27. The van der Waals surface area contributed by atoms with Crippen LogP contribution in [0.4, 0.5) is 4.39 Å². The van der Waals surface area contributed by atoms with Crippen molar-refractivity contribution in [2.24, 2.45) is 0 Å². The minimum absolute atomic E-state index is 0.0684. The summed E-state index contributed by atoms with van der Waals surface area (Å²) in [5.41, 5.74) is 1.82. The molecule has 0 radical (unpaired) electrons. The minimum atomic E-state index is -0.208. The second-order valence-corrected chi connectivity index (χ2v) is 4.91. The van der Waals surface area contributed by atoms with Crippen LogP contribution in [0, 0.1) is 5.82 Å². The molecule has 1 heterocycles. The van der Waals surface area contributed by atoms with Crippen LogP contribution < -0.4 is 5.32 Å². The zero-order chi connectivity index (χ0) is 13.9. The van der Waals surface area contributed by atoms with Crippen LogP contribution in [0.15, 0.2) is 59.0 Å². The Morgan fingerprint density at radius 1 is 1.10 bits per heavy atom. The number of benzene rings is 2. The maximum Gasteiger partial charge on any atom is 0.134 e. The Kier molecular flexibility index (Phi) is 3.52. The van der Waals surface area contributed by atoms with Crippen LogP contribution in [-0.2, 0) is 6.54 Å². The highest BCUT2D eigenvalue weighted by atomic mass is 19.1. The van der Waals surface area contributed by atoms with Gasteiger partial charge in [0, 0.05) is 11.4 Å². The first kappa shape index (κ1) is 12.9. The van der Waals surface area contributed by atoms with Crippen molar-refractivity contribution in [2.75, 3.05) is 0 Å². The Bertz CT molecular complexity index is 687. The number of halogens is 1. The Hall–Kier alpha value is -2.13. The summed E-state index contributed by atoms with van der Waals surface area (Å²) in [6.45, 7) is 2.63. The van der Waals surface area contributed by atoms with Crippen molar-refractivity contribution < 1.29 is 8.81 Å². The average Bonchev–Trinajstić information content (AvgIpc) is 2.87. The third kappa shape index (κ3) is 2.73. The summed E-state index contributed by atoms with van der Waals surface area (Å²) in [6.07, 6.45) is 0. The van der Waals surface area contributed by atoms with Gasteiger partial charge in [-0.15, -0.1) is 0 Å². The predicted octanol–water partition coefficient (Wildman–Crippen LogP) is 4.42. The maximum absolute atomic E-state index is 13.2. The molecule has 0 saturated heterocycles. The Morgan fingerprint density at radius 3 is 2.75 bits per heavy atom. The summed E-state index contributed by atoms with van der Waals surface area (Å²) in [7, 11) is 0. The first-order chi connectivity index (χ1) is 9.72. The molecule has 0 aliphatic carbocycles. The Morgan fingerprint density at radius 2 is 1.95 bits per heavy atom. The molecular weight excluding hydrogens is 253 g/mol. The van der Waals surface area contributed by atoms with Crippen LogP contribution in [0.1, 0.15) is 24.3 Å². The van der Waals surface area contributed by atoms with E-state index in [0.29, 0.717) is 6.54 Å². The van der Waals surface area contributed by atoms with Gasteiger partial charge in [-0.3, -0.25) is 0 Å². The van der Waals surface area contributed by atoms with Gasteiger partial charge in [-0.25, -0.2) is 4.39 Å². The molecule has 1 atom stereocenters. The van der Waals surface area contributed by atoms with E-state index >= 15 is 0 Å². The SMILES string of the molecule is C[C@H](NCc1cc2ccccc2o1)c1cccc(F)c1. The zero-order valence-corrected chi connectivity index (χ0v) is 11.3. The van der Waals surface area contributed by atoms with Gasteiger partial charge in [0.2, 0.25) is 0 Å². The van der Waals surface area contributed by atoms with E-state index in [1.54, 1.807) is 12.1 Å². The molecule has 3 rings (SSSR count). The van der Waals surface area contributed by atoms with Gasteiger partial charge in [0.05, 0.1) is 6.54 Å². The largest absolute Gasteiger partial charge is 0.460 e. The topological polar surface area (TPSA) is 25.2 Å². The van der Waals surface area contributed by atoms with E-state index in [1.165, 1.54) is 6.07 Å². The third-order valence-corrected chi connectivity index (χ3v) is 3.41. The van der Waals surface area contributed by atoms with Crippen LogP contribution in [-0.4, -0.2) is 0 Å². The van der Waals surface area contributed by atoms with E-state index in [0.717, 1.165) is 22.3 Å². The highest BCUT2D eigenvalue weighted by Crippen LogP contribution is 2.20. The van der Waals surface area contributed by atoms with Crippen LogP contribution >= 0.6 is 0 Å². The highest BCUT2D eigenvalue weighted by Gasteiger charge is 2.08. The van der Waals surface area contributed by atoms with Crippen LogP contribution in [0.3, 0.4) is 0 Å². The summed E-state index contributed by atoms with van der Waals surface area (Å²) in [6, 6.07) is 16.7. The van der Waals surface area contributed by atoms with Crippen molar-refractivity contribution in [1.29, 1.82) is 0 Å². The lowest BCUT2D eigenvalue weighted by Crippen LogP contribution is -2.17. The zero-order valence-electron chi connectivity index (χ0n) is 11.3. The summed E-state index contributed by atoms with van der Waals surface area (Å²) < 4.78 is 18.9. The molecule has 2 nitrogen and oxygen atoms in total. The summed E-state index contributed by atoms with van der Waals surface area (Å²) in [4.78, 5) is 0. The molecule has 102 valence electrons. The average molecular weight is 269 g/mol. The molecular formula is C17H16FNO. The minimum Gasteiger partial charge on any atom is -0.460 e. The fraction of sp³-hybridized carbons (Fsp3) is 0.176. The van der Waals surface area contributed by atoms with Crippen molar-refractivity contribution >= 4 is 11.0 Å². The van der Waals surface area contributed by atoms with Crippen LogP contribution in [0.25, 0.3) is 11.0 Å². The van der Waals surface area contributed by atoms with E-state index in [1.807, 2.05) is 43.3 Å². The Balaban J connectivity index is 1.69. The molecule has 0 aliphatic rings. The number of hydrogen-bond acceptors (Lipinski definition) is 2. The van der Waals surface area contributed by atoms with Gasteiger partial charge in [-0.2, -0.15) is 0 Å². The molecule has 3 heteroatoms. The van der Waals surface area contributed by atoms with E-state index in [-0.39, 0.29) is 11.9 Å². The lowest BCUT2D eigenvalue weighted by molar-refractivity contribution is 0.481. The molecule has 20 heavy (non-hydrogen) atoms. The van der Waals surface area contributed by atoms with Gasteiger partial charge in [-0.05, 0) is 36.8 Å². The summed E-state index contributed by atoms with van der Waals surface area (Å²) in [5.74, 6) is 0.675. The highest BCUT2D eigenvalue weighted by molar-refractivity contribution is 5.77. The molecule has 1 aromatic heterocycles. The van der Waals surface area contributed by atoms with Crippen LogP contribution in [0.2, 0.25) is 0 Å². The van der Waals surface area contributed by atoms with Crippen LogP contribution in [0.5, 0.6) is 0 Å². The van der Waals surface area contributed by atoms with Gasteiger partial charge >= 0.3 is 0 Å². The maximum atomic E-state index is 13.2. The molecule has 0 spiro atoms. The molecule has 0 unspecified atom stereocenters. The number of nitrogens with one attached hydrogen (secondary N) is 1. The molecule has 2 aromatic carbocycles. The first-order valence-electron chi connectivity index (χ1n) is 6.69. The third-order valence-electron chi connectivity index (χ3n) is 3.41. The lowest BCUT2D eigenvalue weighted by Gasteiger charge is -2.13. The van der Waals surface area contributed by atoms with E-state index in [9.17, 15) is 4.39 Å². The molecule has 0 saturated carbocycles. The van der Waals surface area contributed by atoms with Crippen molar-refractivity contribution in [1.82, 2.24) is 5.32 Å². The van der Waals surface area contributed by atoms with Gasteiger partial charge in [0.15, 0.2) is 0 Å². The molecule has 0 fully saturated rings. The molecule has 0 aliphatic heterocycles. The van der Waals surface area contributed by atoms with Gasteiger partial charge in [-0.1, -0.05) is 30.3 Å². The van der Waals surface area contributed by atoms with Crippen molar-refractivity contribution in [3.8, 4) is 0 Å². The van der Waals surface area contributed by atoms with E-state index in [4.69, 9.17) is 4.42 Å². The van der Waals surface area contributed by atoms with Gasteiger partial charge in [0.25, 0.3) is 0 Å². The number of fused-ring (bicyclic) bond motifs is 1. The second-order valence-electron chi connectivity index (χ2n) is 4.91. The number of hydrogen-bond donors (Lipinski definition) is 1. The number of furan rings is 1. The molecule has 1 N–H and O–H groups in total. The normalized spacial score (nSPS) is 12.7. The summed E-state index contributed by atoms with van der Waals surface area (Å²) >= 11 is 0. The van der Waals surface area contributed by atoms with E-state index < -0.39 is 0 Å². The van der Waals surface area contributed by atoms with Gasteiger partial charge in [0.1, 0.15) is 17.2 Å². The quantitative estimate of drug-likeness (QED) is 0.758. The summed E-state index contributed by atoms with van der Waals surface area (Å²) in [5, 5.41) is 4.44. The van der Waals surface area contributed by atoms with Crippen molar-refractivity contribution in [3.05, 3.63) is 71.7 Å². The fourth-order valence-corrected chi connectivity index (χ4v) is 2.27. The Labute approximate surface area is 117 Å². The van der Waals surface area contributed by atoms with Crippen molar-refractivity contribution in [2.45, 2.75) is 19.5 Å². The lowest BCUT2D eigenvalue weighted by atomic mass is 10.1. The molecule has 0 bridgehead atoms. The van der Waals surface area contributed by atoms with E-state index in [2.05, 4.69) is 5.32 Å². The second kappa shape index (κ2) is 5.47. The first-order valence-corrected chi connectivity index (χ1v) is 6.69. The molecule has 3 aromatic rings. The van der Waals surface area contributed by atoms with Crippen molar-refractivity contribution in [3.63, 3.8) is 0 Å². The van der Waals surface area contributed by atoms with Gasteiger partial charge < -0.3 is 9.73 Å². The number of rotatable bonds is 4. The standard InChI is InChI=1S/C17H16FNO/c1-12(13-6-4-7-15(18)9-13)19-11-16-10-14-5-2-3-8-17(14)20-16/h2-10,12,19H,11H2,1H3/t12-/m0/s1. The predicted molar refractivity (Wildman–Crippen MR) is 77.9 cm³/mol. The smallest absolute Gasteiger partial charge is 0.134 e. The molecule has 0 amide bonds. The number of para-hydroxylation sites is 1.